The van der Waals surface area contributed by atoms with Crippen LogP contribution in [0.4, 0.5) is 5.82 Å². The molecule has 0 aliphatic carbocycles. The first-order valence-corrected chi connectivity index (χ1v) is 6.02. The summed E-state index contributed by atoms with van der Waals surface area (Å²) in [6.45, 7) is 4.55. The smallest absolute Gasteiger partial charge is 0.406 e. The summed E-state index contributed by atoms with van der Waals surface area (Å²) < 4.78 is 5.46. The molecule has 0 spiro atoms. The molecule has 0 saturated carbocycles. The normalized spacial score (nSPS) is 12.5. The zero-order chi connectivity index (χ0) is 12.8. The topological polar surface area (TPSA) is 65.3 Å². The fraction of sp³-hybridized carbons (Fsp3) is 0.545. The molecule has 1 unspecified atom stereocenters. The molecule has 1 aromatic heterocycles. The Labute approximate surface area is 106 Å². The van der Waals surface area contributed by atoms with Crippen LogP contribution >= 0.6 is 12.6 Å². The minimum Gasteiger partial charge on any atom is -0.485 e. The molecule has 5 nitrogen and oxygen atoms in total. The Kier molecular flexibility index (Phi) is 5.21. The van der Waals surface area contributed by atoms with E-state index >= 15 is 0 Å². The SMILES string of the molecule is CC(C)C(CS)COc1cccnc1[N+](=O)[O-]. The van der Waals surface area contributed by atoms with E-state index in [0.717, 1.165) is 0 Å². The van der Waals surface area contributed by atoms with E-state index in [1.165, 1.54) is 6.20 Å². The molecular formula is C11H16N2O3S. The van der Waals surface area contributed by atoms with Crippen LogP contribution in [0.1, 0.15) is 13.8 Å². The van der Waals surface area contributed by atoms with E-state index in [1.807, 2.05) is 0 Å². The van der Waals surface area contributed by atoms with E-state index in [2.05, 4.69) is 31.5 Å². The van der Waals surface area contributed by atoms with E-state index in [-0.39, 0.29) is 17.5 Å². The third-order valence-electron chi connectivity index (χ3n) is 2.55. The Hall–Kier alpha value is -1.30. The maximum absolute atomic E-state index is 10.7. The number of rotatable bonds is 6. The monoisotopic (exact) mass is 256 g/mol. The molecule has 6 heteroatoms. The summed E-state index contributed by atoms with van der Waals surface area (Å²) in [4.78, 5) is 13.9. The molecule has 1 rings (SSSR count). The number of thiol groups is 1. The highest BCUT2D eigenvalue weighted by molar-refractivity contribution is 7.80. The number of nitro groups is 1. The van der Waals surface area contributed by atoms with Crippen LogP contribution < -0.4 is 4.74 Å². The molecule has 0 saturated heterocycles. The number of pyridine rings is 1. The summed E-state index contributed by atoms with van der Waals surface area (Å²) in [6, 6.07) is 3.18. The number of nitrogens with zero attached hydrogens (tertiary/aromatic N) is 2. The van der Waals surface area contributed by atoms with Crippen LogP contribution in [-0.2, 0) is 0 Å². The number of aromatic nitrogens is 1. The van der Waals surface area contributed by atoms with E-state index < -0.39 is 4.92 Å². The molecule has 0 aliphatic rings. The highest BCUT2D eigenvalue weighted by Gasteiger charge is 2.18. The van der Waals surface area contributed by atoms with Crippen molar-refractivity contribution < 1.29 is 9.66 Å². The molecule has 0 bridgehead atoms. The summed E-state index contributed by atoms with van der Waals surface area (Å²) in [6.07, 6.45) is 1.38. The number of hydrogen-bond acceptors (Lipinski definition) is 5. The van der Waals surface area contributed by atoms with Crippen molar-refractivity contribution in [3.63, 3.8) is 0 Å². The summed E-state index contributed by atoms with van der Waals surface area (Å²) in [5, 5.41) is 10.7. The Morgan fingerprint density at radius 2 is 2.29 bits per heavy atom. The van der Waals surface area contributed by atoms with Crippen LogP contribution in [0.2, 0.25) is 0 Å². The van der Waals surface area contributed by atoms with Crippen LogP contribution in [0.15, 0.2) is 18.3 Å². The van der Waals surface area contributed by atoms with Gasteiger partial charge in [0.2, 0.25) is 5.75 Å². The minimum atomic E-state index is -0.541. The van der Waals surface area contributed by atoms with E-state index in [1.54, 1.807) is 12.1 Å². The van der Waals surface area contributed by atoms with Crippen molar-refractivity contribution in [2.75, 3.05) is 12.4 Å². The Morgan fingerprint density at radius 1 is 1.59 bits per heavy atom. The van der Waals surface area contributed by atoms with Crippen molar-refractivity contribution in [1.82, 2.24) is 4.98 Å². The average molecular weight is 256 g/mol. The van der Waals surface area contributed by atoms with Gasteiger partial charge < -0.3 is 14.9 Å². The van der Waals surface area contributed by atoms with Gasteiger partial charge in [0, 0.05) is 5.92 Å². The van der Waals surface area contributed by atoms with Crippen molar-refractivity contribution in [3.8, 4) is 5.75 Å². The molecule has 0 amide bonds. The Balaban J connectivity index is 2.72. The fourth-order valence-electron chi connectivity index (χ4n) is 1.28. The van der Waals surface area contributed by atoms with E-state index in [0.29, 0.717) is 18.3 Å². The number of hydrogen-bond donors (Lipinski definition) is 1. The average Bonchev–Trinajstić information content (AvgIpc) is 2.29. The predicted molar refractivity (Wildman–Crippen MR) is 68.6 cm³/mol. The number of ether oxygens (including phenoxy) is 1. The summed E-state index contributed by atoms with van der Waals surface area (Å²) >= 11 is 4.24. The lowest BCUT2D eigenvalue weighted by Gasteiger charge is -2.18. The lowest BCUT2D eigenvalue weighted by Crippen LogP contribution is -2.19. The third kappa shape index (κ3) is 3.89. The summed E-state index contributed by atoms with van der Waals surface area (Å²) in [5.41, 5.74) is 0. The lowest BCUT2D eigenvalue weighted by atomic mass is 9.99. The van der Waals surface area contributed by atoms with Gasteiger partial charge in [0.15, 0.2) is 0 Å². The highest BCUT2D eigenvalue weighted by Crippen LogP contribution is 2.24. The molecule has 0 aromatic carbocycles. The van der Waals surface area contributed by atoms with Crippen molar-refractivity contribution in [3.05, 3.63) is 28.4 Å². The first-order chi connectivity index (χ1) is 8.06. The van der Waals surface area contributed by atoms with Crippen molar-refractivity contribution in [2.24, 2.45) is 11.8 Å². The van der Waals surface area contributed by atoms with Crippen LogP contribution in [-0.4, -0.2) is 22.3 Å². The minimum absolute atomic E-state index is 0.213. The van der Waals surface area contributed by atoms with Crippen LogP contribution in [0.3, 0.4) is 0 Å². The van der Waals surface area contributed by atoms with Gasteiger partial charge in [-0.3, -0.25) is 0 Å². The summed E-state index contributed by atoms with van der Waals surface area (Å²) in [7, 11) is 0. The van der Waals surface area contributed by atoms with Gasteiger partial charge >= 0.3 is 5.82 Å². The fourth-order valence-corrected chi connectivity index (χ4v) is 1.81. The molecule has 1 aromatic rings. The first kappa shape index (κ1) is 13.8. The zero-order valence-corrected chi connectivity index (χ0v) is 10.8. The quantitative estimate of drug-likeness (QED) is 0.482. The van der Waals surface area contributed by atoms with Crippen molar-refractivity contribution in [2.45, 2.75) is 13.8 Å². The van der Waals surface area contributed by atoms with Crippen LogP contribution in [0, 0.1) is 22.0 Å². The largest absolute Gasteiger partial charge is 0.485 e. The van der Waals surface area contributed by atoms with Gasteiger partial charge in [-0.1, -0.05) is 13.8 Å². The van der Waals surface area contributed by atoms with Crippen molar-refractivity contribution >= 4 is 18.4 Å². The molecule has 0 radical (unpaired) electrons. The van der Waals surface area contributed by atoms with E-state index in [4.69, 9.17) is 4.74 Å². The van der Waals surface area contributed by atoms with Crippen LogP contribution in [0.25, 0.3) is 0 Å². The molecule has 17 heavy (non-hydrogen) atoms. The van der Waals surface area contributed by atoms with Gasteiger partial charge in [0.1, 0.15) is 6.20 Å². The molecule has 0 fully saturated rings. The van der Waals surface area contributed by atoms with Gasteiger partial charge in [-0.05, 0) is 33.7 Å². The molecule has 1 heterocycles. The predicted octanol–water partition coefficient (Wildman–Crippen LogP) is 2.57. The maximum atomic E-state index is 10.7. The second kappa shape index (κ2) is 6.44. The molecule has 1 atom stereocenters. The van der Waals surface area contributed by atoms with Gasteiger partial charge in [0.25, 0.3) is 0 Å². The van der Waals surface area contributed by atoms with E-state index in [9.17, 15) is 10.1 Å². The molecule has 94 valence electrons. The Morgan fingerprint density at radius 3 is 2.82 bits per heavy atom. The standard InChI is InChI=1S/C11H16N2O3S/c1-8(2)9(7-17)6-16-10-4-3-5-12-11(10)13(14)15/h3-5,8-9,17H,6-7H2,1-2H3. The van der Waals surface area contributed by atoms with Crippen LogP contribution in [0.5, 0.6) is 5.75 Å². The van der Waals surface area contributed by atoms with Gasteiger partial charge in [-0.15, -0.1) is 0 Å². The third-order valence-corrected chi connectivity index (χ3v) is 3.02. The molecular weight excluding hydrogens is 240 g/mol. The highest BCUT2D eigenvalue weighted by atomic mass is 32.1. The van der Waals surface area contributed by atoms with Gasteiger partial charge in [0.05, 0.1) is 6.61 Å². The van der Waals surface area contributed by atoms with Gasteiger partial charge in [-0.25, -0.2) is 0 Å². The van der Waals surface area contributed by atoms with Crippen molar-refractivity contribution in [1.29, 1.82) is 0 Å². The Bertz CT molecular complexity index is 385. The molecule has 0 N–H and O–H groups in total. The van der Waals surface area contributed by atoms with Gasteiger partial charge in [-0.2, -0.15) is 12.6 Å². The first-order valence-electron chi connectivity index (χ1n) is 5.39. The zero-order valence-electron chi connectivity index (χ0n) is 9.87. The molecule has 0 aliphatic heterocycles. The second-order valence-corrected chi connectivity index (χ2v) is 4.45. The lowest BCUT2D eigenvalue weighted by molar-refractivity contribution is -0.390. The second-order valence-electron chi connectivity index (χ2n) is 4.08. The maximum Gasteiger partial charge on any atom is 0.406 e. The summed E-state index contributed by atoms with van der Waals surface area (Å²) in [5.74, 6) is 1.34.